The molecule has 9 heteroatoms. The van der Waals surface area contributed by atoms with Crippen LogP contribution in [-0.4, -0.2) is 66.2 Å². The number of fused-ring (bicyclic) bond motifs is 5. The van der Waals surface area contributed by atoms with Crippen LogP contribution in [0.25, 0.3) is 0 Å². The zero-order chi connectivity index (χ0) is 27.7. The first-order valence-electron chi connectivity index (χ1n) is 13.2. The quantitative estimate of drug-likeness (QED) is 0.574. The van der Waals surface area contributed by atoms with Crippen LogP contribution in [0.5, 0.6) is 0 Å². The van der Waals surface area contributed by atoms with Gasteiger partial charge < -0.3 is 29.4 Å². The molecule has 1 aromatic carbocycles. The average Bonchev–Trinajstić information content (AvgIpc) is 2.86. The summed E-state index contributed by atoms with van der Waals surface area (Å²) >= 11 is 0. The van der Waals surface area contributed by atoms with Crippen molar-refractivity contribution in [3.63, 3.8) is 0 Å². The Kier molecular flexibility index (Phi) is 6.28. The summed E-state index contributed by atoms with van der Waals surface area (Å²) in [5, 5.41) is 15.8. The van der Waals surface area contributed by atoms with E-state index < -0.39 is 58.2 Å². The van der Waals surface area contributed by atoms with Crippen molar-refractivity contribution in [2.45, 2.75) is 83.4 Å². The molecule has 9 nitrogen and oxygen atoms in total. The van der Waals surface area contributed by atoms with Crippen molar-refractivity contribution in [1.82, 2.24) is 5.32 Å². The number of hydrogen-bond donors (Lipinski definition) is 2. The lowest BCUT2D eigenvalue weighted by Crippen LogP contribution is -2.81. The van der Waals surface area contributed by atoms with Gasteiger partial charge in [-0.2, -0.15) is 0 Å². The van der Waals surface area contributed by atoms with E-state index in [2.05, 4.69) is 5.32 Å². The van der Waals surface area contributed by atoms with Crippen molar-refractivity contribution in [1.29, 1.82) is 0 Å². The zero-order valence-corrected chi connectivity index (χ0v) is 22.8. The number of benzene rings is 1. The molecule has 2 bridgehead atoms. The fourth-order valence-corrected chi connectivity index (χ4v) is 7.47. The predicted molar refractivity (Wildman–Crippen MR) is 136 cm³/mol. The van der Waals surface area contributed by atoms with Crippen LogP contribution in [0.1, 0.15) is 64.2 Å². The van der Waals surface area contributed by atoms with Gasteiger partial charge in [-0.15, -0.1) is 0 Å². The summed E-state index contributed by atoms with van der Waals surface area (Å²) in [5.74, 6) is -2.48. The maximum atomic E-state index is 14.3. The number of amides is 1. The lowest BCUT2D eigenvalue weighted by Gasteiger charge is -2.67. The highest BCUT2D eigenvalue weighted by Crippen LogP contribution is 2.62. The first-order chi connectivity index (χ1) is 17.8. The molecule has 2 heterocycles. The van der Waals surface area contributed by atoms with E-state index >= 15 is 0 Å². The summed E-state index contributed by atoms with van der Waals surface area (Å²) < 4.78 is 24.1. The van der Waals surface area contributed by atoms with Gasteiger partial charge in [0.05, 0.1) is 29.6 Å². The zero-order valence-electron chi connectivity index (χ0n) is 22.8. The molecule has 5 rings (SSSR count). The minimum Gasteiger partial charge on any atom is -0.455 e. The van der Waals surface area contributed by atoms with Gasteiger partial charge in [0.25, 0.3) is 0 Å². The Labute approximate surface area is 222 Å². The summed E-state index contributed by atoms with van der Waals surface area (Å²) in [6.07, 6.45) is -1.41. The van der Waals surface area contributed by atoms with Gasteiger partial charge in [0.2, 0.25) is 5.91 Å². The van der Waals surface area contributed by atoms with Crippen molar-refractivity contribution in [2.24, 2.45) is 16.7 Å². The number of aliphatic hydroxyl groups is 1. The van der Waals surface area contributed by atoms with E-state index in [1.165, 1.54) is 14.0 Å². The Morgan fingerprint density at radius 2 is 1.84 bits per heavy atom. The molecule has 5 unspecified atom stereocenters. The van der Waals surface area contributed by atoms with E-state index in [0.717, 1.165) is 5.57 Å². The minimum absolute atomic E-state index is 0.0127. The Hall–Kier alpha value is -2.75. The summed E-state index contributed by atoms with van der Waals surface area (Å²) in [6.45, 7) is 8.70. The molecule has 2 N–H and O–H groups in total. The lowest BCUT2D eigenvalue weighted by atomic mass is 9.48. The molecule has 1 saturated carbocycles. The number of carbonyl (C=O) groups is 3. The second kappa shape index (κ2) is 8.89. The Bertz CT molecular complexity index is 1190. The molecular weight excluding hydrogens is 490 g/mol. The smallest absolute Gasteiger partial charge is 0.338 e. The topological polar surface area (TPSA) is 120 Å². The Morgan fingerprint density at radius 1 is 1.16 bits per heavy atom. The van der Waals surface area contributed by atoms with Gasteiger partial charge in [-0.25, -0.2) is 4.79 Å². The summed E-state index contributed by atoms with van der Waals surface area (Å²) in [4.78, 5) is 40.4. The first-order valence-corrected chi connectivity index (χ1v) is 13.2. The molecule has 0 aromatic heterocycles. The maximum absolute atomic E-state index is 14.3. The highest BCUT2D eigenvalue weighted by molar-refractivity contribution is 5.90. The van der Waals surface area contributed by atoms with Gasteiger partial charge in [-0.3, -0.25) is 9.59 Å². The highest BCUT2D eigenvalue weighted by Gasteiger charge is 2.77. The Balaban J connectivity index is 1.78. The SMILES string of the molecule is COC1CC2OC[C@@]2(OC(C)=O)C2C(OC(=O)c3ccccc3)[C@]3(O)CCC(C)=C(NC(=O)C12C)C3(C)C. The average molecular weight is 528 g/mol. The number of rotatable bonds is 4. The number of methoxy groups -OCH3 is 1. The van der Waals surface area contributed by atoms with E-state index in [-0.39, 0.29) is 18.9 Å². The first kappa shape index (κ1) is 26.8. The van der Waals surface area contributed by atoms with Gasteiger partial charge in [0.15, 0.2) is 5.60 Å². The van der Waals surface area contributed by atoms with Crippen molar-refractivity contribution in [3.05, 3.63) is 47.2 Å². The van der Waals surface area contributed by atoms with Crippen LogP contribution >= 0.6 is 0 Å². The van der Waals surface area contributed by atoms with Crippen LogP contribution in [0.2, 0.25) is 0 Å². The van der Waals surface area contributed by atoms with E-state index in [1.54, 1.807) is 37.3 Å². The molecule has 0 spiro atoms. The fraction of sp³-hybridized carbons (Fsp3) is 0.621. The number of carbonyl (C=O) groups excluding carboxylic acids is 3. The van der Waals surface area contributed by atoms with Crippen LogP contribution in [0.4, 0.5) is 0 Å². The van der Waals surface area contributed by atoms with Crippen LogP contribution < -0.4 is 5.32 Å². The second-order valence-corrected chi connectivity index (χ2v) is 11.9. The van der Waals surface area contributed by atoms with Crippen molar-refractivity contribution in [2.75, 3.05) is 13.7 Å². The molecule has 2 aliphatic carbocycles. The molecule has 2 aliphatic heterocycles. The predicted octanol–water partition coefficient (Wildman–Crippen LogP) is 2.91. The molecule has 38 heavy (non-hydrogen) atoms. The highest BCUT2D eigenvalue weighted by atomic mass is 16.6. The molecule has 206 valence electrons. The standard InChI is InChI=1S/C29H37NO8/c1-16-12-13-29(34)23(37-24(32)18-10-8-7-9-11-18)21-27(5,25(33)30-22(16)26(29,3)4)19(35-6)14-20-28(21,15-36-20)38-17(2)31/h7-11,19-21,23,34H,12-15H2,1-6H3,(H,30,33)/t19?,20?,21?,23?,27?,28-,29+/m0/s1. The normalized spacial score (nSPS) is 39.4. The molecule has 1 amide bonds. The molecule has 4 aliphatic rings. The van der Waals surface area contributed by atoms with Crippen molar-refractivity contribution >= 4 is 17.8 Å². The number of nitrogens with one attached hydrogen (secondary N) is 1. The van der Waals surface area contributed by atoms with E-state index in [9.17, 15) is 19.5 Å². The van der Waals surface area contributed by atoms with Crippen LogP contribution in [0, 0.1) is 16.7 Å². The van der Waals surface area contributed by atoms with Gasteiger partial charge in [-0.1, -0.05) is 37.6 Å². The molecular formula is C29H37NO8. The monoisotopic (exact) mass is 527 g/mol. The van der Waals surface area contributed by atoms with Gasteiger partial charge in [0, 0.05) is 31.6 Å². The van der Waals surface area contributed by atoms with Gasteiger partial charge in [0.1, 0.15) is 17.8 Å². The molecule has 0 radical (unpaired) electrons. The molecule has 1 aromatic rings. The lowest BCUT2D eigenvalue weighted by molar-refractivity contribution is -0.345. The van der Waals surface area contributed by atoms with Crippen molar-refractivity contribution in [3.8, 4) is 0 Å². The van der Waals surface area contributed by atoms with Gasteiger partial charge in [-0.05, 0) is 38.8 Å². The second-order valence-electron chi connectivity index (χ2n) is 11.9. The third-order valence-electron chi connectivity index (χ3n) is 9.70. The molecule has 7 atom stereocenters. The van der Waals surface area contributed by atoms with Crippen LogP contribution in [-0.2, 0) is 28.5 Å². The summed E-state index contributed by atoms with van der Waals surface area (Å²) in [6, 6.07) is 8.53. The van der Waals surface area contributed by atoms with Gasteiger partial charge >= 0.3 is 11.9 Å². The fourth-order valence-electron chi connectivity index (χ4n) is 7.47. The number of ether oxygens (including phenoxy) is 4. The van der Waals surface area contributed by atoms with Crippen molar-refractivity contribution < 1.29 is 38.4 Å². The third-order valence-corrected chi connectivity index (χ3v) is 9.70. The third kappa shape index (κ3) is 3.51. The molecule has 3 fully saturated rings. The molecule has 2 saturated heterocycles. The van der Waals surface area contributed by atoms with E-state index in [1.807, 2.05) is 20.8 Å². The van der Waals surface area contributed by atoms with Crippen LogP contribution in [0.3, 0.4) is 0 Å². The number of allylic oxidation sites excluding steroid dienone is 1. The number of hydrogen-bond acceptors (Lipinski definition) is 8. The maximum Gasteiger partial charge on any atom is 0.338 e. The number of esters is 2. The summed E-state index contributed by atoms with van der Waals surface area (Å²) in [7, 11) is 1.52. The van der Waals surface area contributed by atoms with E-state index in [4.69, 9.17) is 18.9 Å². The largest absolute Gasteiger partial charge is 0.455 e. The Morgan fingerprint density at radius 3 is 2.42 bits per heavy atom. The summed E-state index contributed by atoms with van der Waals surface area (Å²) in [5.41, 5.74) is -3.40. The van der Waals surface area contributed by atoms with Crippen LogP contribution in [0.15, 0.2) is 41.6 Å². The van der Waals surface area contributed by atoms with E-state index in [0.29, 0.717) is 24.1 Å². The minimum atomic E-state index is -1.62.